The number of nitrogens with zero attached hydrogens (tertiary/aromatic N) is 1. The van der Waals surface area contributed by atoms with Crippen molar-refractivity contribution < 1.29 is 28.8 Å². The molecule has 2 aliphatic heterocycles. The number of ether oxygens (including phenoxy) is 2. The zero-order valence-corrected chi connectivity index (χ0v) is 16.6. The number of methoxy groups -OCH3 is 1. The molecule has 0 aromatic heterocycles. The van der Waals surface area contributed by atoms with Gasteiger partial charge in [-0.15, -0.1) is 0 Å². The molecule has 28 heavy (non-hydrogen) atoms. The van der Waals surface area contributed by atoms with E-state index >= 15 is 0 Å². The lowest BCUT2D eigenvalue weighted by atomic mass is 9.92. The van der Waals surface area contributed by atoms with Crippen molar-refractivity contribution in [1.82, 2.24) is 10.2 Å². The van der Waals surface area contributed by atoms with Gasteiger partial charge in [0.15, 0.2) is 6.67 Å². The predicted molar refractivity (Wildman–Crippen MR) is 101 cm³/mol. The highest BCUT2D eigenvalue weighted by molar-refractivity contribution is 6.07. The third-order valence-electron chi connectivity index (χ3n) is 5.62. The molecule has 2 heterocycles. The van der Waals surface area contributed by atoms with Crippen LogP contribution in [0.5, 0.6) is 5.75 Å². The first-order chi connectivity index (χ1) is 13.4. The van der Waals surface area contributed by atoms with Gasteiger partial charge in [-0.25, -0.2) is 9.69 Å². The number of nitrogens with one attached hydrogen (secondary N) is 2. The van der Waals surface area contributed by atoms with E-state index in [4.69, 9.17) is 9.47 Å². The van der Waals surface area contributed by atoms with Crippen LogP contribution in [0.25, 0.3) is 0 Å². The smallest absolute Gasteiger partial charge is 0.329 e. The van der Waals surface area contributed by atoms with Gasteiger partial charge in [-0.1, -0.05) is 12.1 Å². The average molecular weight is 390 g/mol. The molecule has 3 amide bonds. The highest BCUT2D eigenvalue weighted by Gasteiger charge is 2.50. The Morgan fingerprint density at radius 1 is 1.32 bits per heavy atom. The number of carbonyl (C=O) groups is 3. The van der Waals surface area contributed by atoms with E-state index in [0.29, 0.717) is 37.4 Å². The molecule has 0 bridgehead atoms. The molecule has 0 saturated carbocycles. The Hall–Kier alpha value is -2.61. The largest absolute Gasteiger partial charge is 0.497 e. The number of amides is 3. The number of carbonyl (C=O) groups excluding carboxylic acids is 3. The van der Waals surface area contributed by atoms with Crippen molar-refractivity contribution in [2.24, 2.45) is 5.92 Å². The summed E-state index contributed by atoms with van der Waals surface area (Å²) in [5, 5.41) is 2.83. The van der Waals surface area contributed by atoms with Crippen LogP contribution in [0.2, 0.25) is 0 Å². The maximum absolute atomic E-state index is 13.1. The molecule has 8 heteroatoms. The maximum Gasteiger partial charge on any atom is 0.329 e. The summed E-state index contributed by atoms with van der Waals surface area (Å²) >= 11 is 0. The molecule has 0 spiro atoms. The summed E-state index contributed by atoms with van der Waals surface area (Å²) in [5.74, 6) is 0.118. The Morgan fingerprint density at radius 2 is 2.04 bits per heavy atom. The van der Waals surface area contributed by atoms with Gasteiger partial charge in [-0.2, -0.15) is 0 Å². The number of quaternary nitrogens is 1. The number of piperidine rings is 1. The minimum absolute atomic E-state index is 0.0890. The van der Waals surface area contributed by atoms with Crippen LogP contribution in [0.3, 0.4) is 0 Å². The second-order valence-corrected chi connectivity index (χ2v) is 7.45. The molecular weight excluding hydrogens is 362 g/mol. The molecule has 1 aromatic carbocycles. The number of imide groups is 1. The van der Waals surface area contributed by atoms with Gasteiger partial charge >= 0.3 is 12.0 Å². The number of likely N-dealkylation sites (tertiary alicyclic amines) is 1. The Bertz CT molecular complexity index is 760. The molecular formula is C20H28N3O5+. The molecule has 2 saturated heterocycles. The third kappa shape index (κ3) is 3.82. The number of rotatable bonds is 6. The van der Waals surface area contributed by atoms with Gasteiger partial charge in [0.05, 0.1) is 32.7 Å². The number of benzene rings is 1. The van der Waals surface area contributed by atoms with Crippen molar-refractivity contribution in [3.8, 4) is 5.75 Å². The van der Waals surface area contributed by atoms with Crippen LogP contribution < -0.4 is 15.0 Å². The Kier molecular flexibility index (Phi) is 5.88. The van der Waals surface area contributed by atoms with E-state index in [0.717, 1.165) is 18.0 Å². The van der Waals surface area contributed by atoms with Gasteiger partial charge in [0.1, 0.15) is 11.3 Å². The van der Waals surface area contributed by atoms with E-state index in [-0.39, 0.29) is 17.8 Å². The van der Waals surface area contributed by atoms with Crippen LogP contribution in [0, 0.1) is 5.92 Å². The topological polar surface area (TPSA) is 89.4 Å². The number of urea groups is 1. The minimum Gasteiger partial charge on any atom is -0.497 e. The zero-order chi connectivity index (χ0) is 20.3. The van der Waals surface area contributed by atoms with Crippen LogP contribution in [-0.4, -0.2) is 56.3 Å². The second-order valence-electron chi connectivity index (χ2n) is 7.45. The van der Waals surface area contributed by atoms with Crippen molar-refractivity contribution in [2.45, 2.75) is 32.2 Å². The lowest BCUT2D eigenvalue weighted by molar-refractivity contribution is -0.913. The van der Waals surface area contributed by atoms with Crippen molar-refractivity contribution >= 4 is 17.9 Å². The van der Waals surface area contributed by atoms with Crippen LogP contribution in [0.1, 0.15) is 32.3 Å². The molecule has 8 nitrogen and oxygen atoms in total. The summed E-state index contributed by atoms with van der Waals surface area (Å²) in [6.45, 7) is 5.63. The number of esters is 1. The molecule has 2 fully saturated rings. The maximum atomic E-state index is 13.1. The van der Waals surface area contributed by atoms with Crippen molar-refractivity contribution in [3.63, 3.8) is 0 Å². The van der Waals surface area contributed by atoms with Crippen LogP contribution in [0.4, 0.5) is 4.79 Å². The quantitative estimate of drug-likeness (QED) is 0.538. The molecule has 2 aliphatic rings. The summed E-state index contributed by atoms with van der Waals surface area (Å²) in [4.78, 5) is 39.9. The van der Waals surface area contributed by atoms with Gasteiger partial charge in [0.25, 0.3) is 5.91 Å². The fourth-order valence-electron chi connectivity index (χ4n) is 3.87. The second kappa shape index (κ2) is 8.18. The van der Waals surface area contributed by atoms with Crippen molar-refractivity contribution in [3.05, 3.63) is 29.8 Å². The van der Waals surface area contributed by atoms with Gasteiger partial charge in [0.2, 0.25) is 0 Å². The highest BCUT2D eigenvalue weighted by atomic mass is 16.5. The summed E-state index contributed by atoms with van der Waals surface area (Å²) in [7, 11) is 1.56. The van der Waals surface area contributed by atoms with Crippen LogP contribution >= 0.6 is 0 Å². The third-order valence-corrected chi connectivity index (χ3v) is 5.62. The fraction of sp³-hybridized carbons (Fsp3) is 0.550. The molecule has 0 unspecified atom stereocenters. The SMILES string of the molecule is CCOC(=O)C1CC[NH+](CN2C(=O)N[C@](C)(c3cccc(OC)c3)C2=O)CC1. The van der Waals surface area contributed by atoms with Gasteiger partial charge in [0, 0.05) is 12.8 Å². The molecule has 1 atom stereocenters. The average Bonchev–Trinajstić information content (AvgIpc) is 2.93. The highest BCUT2D eigenvalue weighted by Crippen LogP contribution is 2.30. The first-order valence-corrected chi connectivity index (χ1v) is 9.68. The minimum atomic E-state index is -1.12. The van der Waals surface area contributed by atoms with E-state index in [1.54, 1.807) is 39.2 Å². The standard InChI is InChI=1S/C20H27N3O5/c1-4-28-17(24)14-8-10-22(11-9-14)13-23-18(25)20(2,21-19(23)26)15-6-5-7-16(12-15)27-3/h5-7,12,14H,4,8-11,13H2,1-3H3,(H,21,26)/p+1/t20-/m1/s1. The Balaban J connectivity index is 1.65. The first-order valence-electron chi connectivity index (χ1n) is 9.68. The molecule has 0 radical (unpaired) electrons. The summed E-state index contributed by atoms with van der Waals surface area (Å²) in [5.41, 5.74) is -0.433. The molecule has 1 aromatic rings. The first kappa shape index (κ1) is 20.1. The van der Waals surface area contributed by atoms with E-state index in [1.807, 2.05) is 6.07 Å². The zero-order valence-electron chi connectivity index (χ0n) is 16.6. The van der Waals surface area contributed by atoms with Crippen molar-refractivity contribution in [2.75, 3.05) is 33.5 Å². The summed E-state index contributed by atoms with van der Waals surface area (Å²) < 4.78 is 10.3. The molecule has 3 rings (SSSR count). The Labute approximate surface area is 164 Å². The van der Waals surface area contributed by atoms with Gasteiger partial charge < -0.3 is 19.7 Å². The lowest BCUT2D eigenvalue weighted by Gasteiger charge is -2.30. The van der Waals surface area contributed by atoms with E-state index < -0.39 is 11.6 Å². The molecule has 0 aliphatic carbocycles. The van der Waals surface area contributed by atoms with E-state index in [9.17, 15) is 14.4 Å². The predicted octanol–water partition coefficient (Wildman–Crippen LogP) is 0.278. The number of hydrogen-bond donors (Lipinski definition) is 2. The number of hydrogen-bond acceptors (Lipinski definition) is 5. The van der Waals surface area contributed by atoms with Crippen LogP contribution in [-0.2, 0) is 19.9 Å². The van der Waals surface area contributed by atoms with E-state index in [1.165, 1.54) is 4.90 Å². The molecule has 152 valence electrons. The lowest BCUT2D eigenvalue weighted by Crippen LogP contribution is -3.14. The molecule has 2 N–H and O–H groups in total. The van der Waals surface area contributed by atoms with Crippen molar-refractivity contribution in [1.29, 1.82) is 0 Å². The van der Waals surface area contributed by atoms with E-state index in [2.05, 4.69) is 5.32 Å². The van der Waals surface area contributed by atoms with Gasteiger partial charge in [-0.05, 0) is 31.5 Å². The fourth-order valence-corrected chi connectivity index (χ4v) is 3.87. The Morgan fingerprint density at radius 3 is 2.68 bits per heavy atom. The normalized spacial score (nSPS) is 27.5. The van der Waals surface area contributed by atoms with Crippen LogP contribution in [0.15, 0.2) is 24.3 Å². The van der Waals surface area contributed by atoms with Gasteiger partial charge in [-0.3, -0.25) is 9.59 Å². The summed E-state index contributed by atoms with van der Waals surface area (Å²) in [6, 6.07) is 6.77. The summed E-state index contributed by atoms with van der Waals surface area (Å²) in [6.07, 6.45) is 1.40. The monoisotopic (exact) mass is 390 g/mol.